The Bertz CT molecular complexity index is 765. The smallest absolute Gasteiger partial charge is 0.261 e. The van der Waals surface area contributed by atoms with Crippen molar-refractivity contribution in [2.75, 3.05) is 0 Å². The molecule has 1 atom stereocenters. The third-order valence-electron chi connectivity index (χ3n) is 3.94. The van der Waals surface area contributed by atoms with Crippen molar-refractivity contribution in [3.8, 4) is 5.75 Å². The van der Waals surface area contributed by atoms with Crippen LogP contribution in [0.1, 0.15) is 23.6 Å². The Morgan fingerprint density at radius 1 is 1.21 bits per heavy atom. The second kappa shape index (κ2) is 7.43. The van der Waals surface area contributed by atoms with Crippen molar-refractivity contribution < 1.29 is 9.53 Å². The van der Waals surface area contributed by atoms with E-state index >= 15 is 0 Å². The van der Waals surface area contributed by atoms with Gasteiger partial charge in [-0.1, -0.05) is 41.4 Å². The number of carbonyl (C=O) groups is 1. The van der Waals surface area contributed by atoms with Gasteiger partial charge in [-0.15, -0.1) is 0 Å². The summed E-state index contributed by atoms with van der Waals surface area (Å²) < 4.78 is 5.61. The van der Waals surface area contributed by atoms with Crippen molar-refractivity contribution in [1.29, 1.82) is 0 Å². The van der Waals surface area contributed by atoms with Gasteiger partial charge < -0.3 is 15.4 Å². The molecule has 126 valence electrons. The first-order chi connectivity index (χ1) is 11.5. The van der Waals surface area contributed by atoms with Crippen LogP contribution < -0.4 is 15.4 Å². The van der Waals surface area contributed by atoms with Crippen LogP contribution in [0.5, 0.6) is 5.75 Å². The molecule has 2 aromatic rings. The van der Waals surface area contributed by atoms with Gasteiger partial charge in [0.15, 0.2) is 6.10 Å². The average Bonchev–Trinajstić information content (AvgIpc) is 3.02. The molecule has 0 aliphatic carbocycles. The molecule has 24 heavy (non-hydrogen) atoms. The fourth-order valence-electron chi connectivity index (χ4n) is 2.61. The number of hydrogen-bond donors (Lipinski definition) is 2. The number of hydrogen-bond acceptors (Lipinski definition) is 3. The Morgan fingerprint density at radius 2 is 2.00 bits per heavy atom. The van der Waals surface area contributed by atoms with Crippen LogP contribution in [-0.2, 0) is 24.4 Å². The van der Waals surface area contributed by atoms with Crippen LogP contribution in [0.25, 0.3) is 0 Å². The minimum atomic E-state index is -0.653. The molecule has 4 nitrogen and oxygen atoms in total. The fourth-order valence-corrected chi connectivity index (χ4v) is 3.06. The predicted molar refractivity (Wildman–Crippen MR) is 95.4 cm³/mol. The lowest BCUT2D eigenvalue weighted by atomic mass is 10.1. The maximum Gasteiger partial charge on any atom is 0.261 e. The normalized spacial score (nSPS) is 14.1. The van der Waals surface area contributed by atoms with E-state index in [0.717, 1.165) is 18.7 Å². The SMILES string of the molecule is CC(Oc1ccc(Cl)cc1Cl)C(=O)NCc1ccc2c(c1)CNC2. The van der Waals surface area contributed by atoms with E-state index in [9.17, 15) is 4.79 Å². The van der Waals surface area contributed by atoms with Gasteiger partial charge in [0, 0.05) is 24.7 Å². The Labute approximate surface area is 151 Å². The fraction of sp³-hybridized carbons (Fsp3) is 0.278. The lowest BCUT2D eigenvalue weighted by Crippen LogP contribution is -2.36. The number of nitrogens with one attached hydrogen (secondary N) is 2. The summed E-state index contributed by atoms with van der Waals surface area (Å²) in [6.45, 7) is 3.95. The molecule has 1 aliphatic heterocycles. The zero-order chi connectivity index (χ0) is 17.1. The number of rotatable bonds is 5. The van der Waals surface area contributed by atoms with Gasteiger partial charge in [0.25, 0.3) is 5.91 Å². The molecule has 0 fully saturated rings. The van der Waals surface area contributed by atoms with E-state index in [-0.39, 0.29) is 5.91 Å². The van der Waals surface area contributed by atoms with E-state index in [1.165, 1.54) is 11.1 Å². The number of ether oxygens (including phenoxy) is 1. The maximum absolute atomic E-state index is 12.2. The maximum atomic E-state index is 12.2. The third-order valence-corrected chi connectivity index (χ3v) is 4.47. The van der Waals surface area contributed by atoms with Crippen molar-refractivity contribution >= 4 is 29.1 Å². The number of amides is 1. The van der Waals surface area contributed by atoms with Gasteiger partial charge in [0.1, 0.15) is 5.75 Å². The van der Waals surface area contributed by atoms with Crippen molar-refractivity contribution in [2.45, 2.75) is 32.7 Å². The minimum absolute atomic E-state index is 0.195. The van der Waals surface area contributed by atoms with E-state index in [1.807, 2.05) is 6.07 Å². The van der Waals surface area contributed by atoms with E-state index in [4.69, 9.17) is 27.9 Å². The molecule has 0 saturated heterocycles. The lowest BCUT2D eigenvalue weighted by Gasteiger charge is -2.16. The van der Waals surface area contributed by atoms with Crippen molar-refractivity contribution in [3.63, 3.8) is 0 Å². The second-order valence-electron chi connectivity index (χ2n) is 5.76. The molecule has 1 amide bonds. The first-order valence-electron chi connectivity index (χ1n) is 7.74. The molecule has 6 heteroatoms. The number of benzene rings is 2. The summed E-state index contributed by atoms with van der Waals surface area (Å²) in [6.07, 6.45) is -0.653. The van der Waals surface area contributed by atoms with E-state index in [0.29, 0.717) is 22.3 Å². The summed E-state index contributed by atoms with van der Waals surface area (Å²) in [7, 11) is 0. The zero-order valence-electron chi connectivity index (χ0n) is 13.2. The van der Waals surface area contributed by atoms with Gasteiger partial charge in [-0.3, -0.25) is 4.79 Å². The lowest BCUT2D eigenvalue weighted by molar-refractivity contribution is -0.127. The molecular weight excluding hydrogens is 347 g/mol. The highest BCUT2D eigenvalue weighted by Crippen LogP contribution is 2.28. The highest BCUT2D eigenvalue weighted by Gasteiger charge is 2.16. The number of halogens is 2. The summed E-state index contributed by atoms with van der Waals surface area (Å²) in [5.41, 5.74) is 3.68. The first kappa shape index (κ1) is 17.1. The highest BCUT2D eigenvalue weighted by molar-refractivity contribution is 6.35. The summed E-state index contributed by atoms with van der Waals surface area (Å²) in [5.74, 6) is 0.243. The quantitative estimate of drug-likeness (QED) is 0.850. The van der Waals surface area contributed by atoms with E-state index in [2.05, 4.69) is 22.8 Å². The van der Waals surface area contributed by atoms with Gasteiger partial charge in [0.05, 0.1) is 5.02 Å². The predicted octanol–water partition coefficient (Wildman–Crippen LogP) is 3.68. The molecule has 1 heterocycles. The second-order valence-corrected chi connectivity index (χ2v) is 6.60. The number of carbonyl (C=O) groups excluding carboxylic acids is 1. The molecule has 0 aromatic heterocycles. The summed E-state index contributed by atoms with van der Waals surface area (Å²) in [4.78, 5) is 12.2. The van der Waals surface area contributed by atoms with E-state index < -0.39 is 6.10 Å². The standard InChI is InChI=1S/C18H18Cl2N2O2/c1-11(24-17-5-4-15(19)7-16(17)20)18(23)22-8-12-2-3-13-9-21-10-14(13)6-12/h2-7,11,21H,8-10H2,1H3,(H,22,23). The Morgan fingerprint density at radius 3 is 2.79 bits per heavy atom. The molecule has 0 bridgehead atoms. The largest absolute Gasteiger partial charge is 0.479 e. The van der Waals surface area contributed by atoms with Crippen LogP contribution in [0.4, 0.5) is 0 Å². The Kier molecular flexibility index (Phi) is 5.29. The van der Waals surface area contributed by atoms with Crippen molar-refractivity contribution in [1.82, 2.24) is 10.6 Å². The van der Waals surface area contributed by atoms with Gasteiger partial charge >= 0.3 is 0 Å². The molecular formula is C18H18Cl2N2O2. The molecule has 1 aliphatic rings. The van der Waals surface area contributed by atoms with Gasteiger partial charge in [-0.05, 0) is 41.8 Å². The summed E-state index contributed by atoms with van der Waals surface area (Å²) in [6, 6.07) is 11.2. The van der Waals surface area contributed by atoms with Crippen LogP contribution >= 0.6 is 23.2 Å². The van der Waals surface area contributed by atoms with Gasteiger partial charge in [0.2, 0.25) is 0 Å². The van der Waals surface area contributed by atoms with Crippen LogP contribution in [0.2, 0.25) is 10.0 Å². The zero-order valence-corrected chi connectivity index (χ0v) is 14.7. The van der Waals surface area contributed by atoms with Crippen LogP contribution in [0, 0.1) is 0 Å². The molecule has 2 N–H and O–H groups in total. The first-order valence-corrected chi connectivity index (χ1v) is 8.49. The molecule has 0 radical (unpaired) electrons. The van der Waals surface area contributed by atoms with Crippen molar-refractivity contribution in [3.05, 3.63) is 63.1 Å². The summed E-state index contributed by atoms with van der Waals surface area (Å²) in [5, 5.41) is 7.10. The van der Waals surface area contributed by atoms with Gasteiger partial charge in [-0.25, -0.2) is 0 Å². The average molecular weight is 365 g/mol. The highest BCUT2D eigenvalue weighted by atomic mass is 35.5. The minimum Gasteiger partial charge on any atom is -0.479 e. The summed E-state index contributed by atoms with van der Waals surface area (Å²) >= 11 is 11.9. The van der Waals surface area contributed by atoms with Gasteiger partial charge in [-0.2, -0.15) is 0 Å². The van der Waals surface area contributed by atoms with E-state index in [1.54, 1.807) is 25.1 Å². The molecule has 1 unspecified atom stereocenters. The van der Waals surface area contributed by atoms with Crippen LogP contribution in [0.15, 0.2) is 36.4 Å². The molecule has 2 aromatic carbocycles. The van der Waals surface area contributed by atoms with Crippen LogP contribution in [-0.4, -0.2) is 12.0 Å². The Hall–Kier alpha value is -1.75. The third kappa shape index (κ3) is 4.01. The van der Waals surface area contributed by atoms with Crippen molar-refractivity contribution in [2.24, 2.45) is 0 Å². The van der Waals surface area contributed by atoms with Crippen LogP contribution in [0.3, 0.4) is 0 Å². The molecule has 0 spiro atoms. The monoisotopic (exact) mass is 364 g/mol. The molecule has 0 saturated carbocycles. The molecule has 3 rings (SSSR count). The topological polar surface area (TPSA) is 50.4 Å². The Balaban J connectivity index is 1.56. The number of fused-ring (bicyclic) bond motifs is 1.